The van der Waals surface area contributed by atoms with Gasteiger partial charge < -0.3 is 16.0 Å². The summed E-state index contributed by atoms with van der Waals surface area (Å²) in [4.78, 5) is 16.2. The Labute approximate surface area is 170 Å². The van der Waals surface area contributed by atoms with Crippen LogP contribution in [0.2, 0.25) is 0 Å². The lowest BCUT2D eigenvalue weighted by Crippen LogP contribution is -2.10. The molecule has 7 nitrogen and oxygen atoms in total. The lowest BCUT2D eigenvalue weighted by Gasteiger charge is -2.12. The first-order chi connectivity index (χ1) is 14.5. The van der Waals surface area contributed by atoms with E-state index in [1.54, 1.807) is 16.8 Å². The number of hydrogen-bond acceptors (Lipinski definition) is 5. The van der Waals surface area contributed by atoms with Crippen molar-refractivity contribution in [2.45, 2.75) is 25.3 Å². The van der Waals surface area contributed by atoms with E-state index in [-0.39, 0.29) is 18.0 Å². The summed E-state index contributed by atoms with van der Waals surface area (Å²) in [7, 11) is 0. The molecule has 1 aliphatic heterocycles. The van der Waals surface area contributed by atoms with Gasteiger partial charge >= 0.3 is 0 Å². The van der Waals surface area contributed by atoms with Crippen molar-refractivity contribution in [3.63, 3.8) is 0 Å². The maximum absolute atomic E-state index is 14.1. The van der Waals surface area contributed by atoms with Crippen molar-refractivity contribution in [2.24, 2.45) is 0 Å². The molecular formula is C21H18F2N6O. The summed E-state index contributed by atoms with van der Waals surface area (Å²) in [6, 6.07) is 5.25. The van der Waals surface area contributed by atoms with E-state index >= 15 is 0 Å². The number of anilines is 3. The molecular weight excluding hydrogens is 390 g/mol. The smallest absolute Gasteiger partial charge is 0.228 e. The summed E-state index contributed by atoms with van der Waals surface area (Å²) in [6.07, 6.45) is 5.79. The van der Waals surface area contributed by atoms with Crippen LogP contribution in [-0.2, 0) is 4.79 Å². The molecule has 152 valence electrons. The Bertz CT molecular complexity index is 1230. The summed E-state index contributed by atoms with van der Waals surface area (Å²) >= 11 is 0. The summed E-state index contributed by atoms with van der Waals surface area (Å²) in [5.74, 6) is -0.225. The Hall–Kier alpha value is -3.75. The molecule has 1 saturated heterocycles. The quantitative estimate of drug-likeness (QED) is 0.599. The minimum atomic E-state index is -0.586. The molecule has 1 aliphatic carbocycles. The number of nitrogens with zero attached hydrogens (tertiary/aromatic N) is 3. The molecule has 0 atom stereocenters. The standard InChI is InChI=1S/C21H18F2N6O/c1-11-12(7-20(30)25-11)6-13-10-24-29-19(26-15-3-4-15)9-18(28-21(13)29)27-17-8-14(22)2-5-16(17)23/h2,5-6,8-10,15,26H,1,3-4,7H2,(H,25,30)(H,27,28)/b12-6+. The molecule has 5 rings (SSSR count). The van der Waals surface area contributed by atoms with Gasteiger partial charge in [-0.25, -0.2) is 13.8 Å². The van der Waals surface area contributed by atoms with Crippen molar-refractivity contribution < 1.29 is 13.6 Å². The molecule has 0 radical (unpaired) electrons. The van der Waals surface area contributed by atoms with Crippen LogP contribution in [0.5, 0.6) is 0 Å². The van der Waals surface area contributed by atoms with Gasteiger partial charge in [0.25, 0.3) is 0 Å². The SMILES string of the molecule is C=C1NC(=O)C/C1=C\c1cnn2c(NC3CC3)cc(Nc3cc(F)ccc3F)nc12. The van der Waals surface area contributed by atoms with Crippen LogP contribution >= 0.6 is 0 Å². The number of carbonyl (C=O) groups is 1. The van der Waals surface area contributed by atoms with E-state index in [0.29, 0.717) is 34.6 Å². The number of nitrogens with one attached hydrogen (secondary N) is 3. The molecule has 2 aliphatic rings. The van der Waals surface area contributed by atoms with Gasteiger partial charge in [-0.1, -0.05) is 6.58 Å². The molecule has 2 aromatic heterocycles. The molecule has 0 spiro atoms. The van der Waals surface area contributed by atoms with Gasteiger partial charge in [-0.15, -0.1) is 0 Å². The Balaban J connectivity index is 1.59. The fourth-order valence-corrected chi connectivity index (χ4v) is 3.31. The molecule has 9 heteroatoms. The van der Waals surface area contributed by atoms with Gasteiger partial charge in [-0.2, -0.15) is 9.61 Å². The van der Waals surface area contributed by atoms with Crippen molar-refractivity contribution in [3.8, 4) is 0 Å². The van der Waals surface area contributed by atoms with Crippen molar-refractivity contribution in [1.82, 2.24) is 19.9 Å². The lowest BCUT2D eigenvalue weighted by atomic mass is 10.1. The van der Waals surface area contributed by atoms with Crippen molar-refractivity contribution >= 4 is 35.0 Å². The monoisotopic (exact) mass is 408 g/mol. The minimum Gasteiger partial charge on any atom is -0.367 e. The third kappa shape index (κ3) is 3.49. The van der Waals surface area contributed by atoms with Crippen LogP contribution in [0.4, 0.5) is 26.1 Å². The zero-order valence-electron chi connectivity index (χ0n) is 15.9. The van der Waals surface area contributed by atoms with Crippen LogP contribution < -0.4 is 16.0 Å². The largest absolute Gasteiger partial charge is 0.367 e. The average molecular weight is 408 g/mol. The van der Waals surface area contributed by atoms with Crippen molar-refractivity contribution in [3.05, 3.63) is 65.5 Å². The molecule has 0 unspecified atom stereocenters. The Kier molecular flexibility index (Phi) is 4.23. The Morgan fingerprint density at radius 2 is 2.10 bits per heavy atom. The Morgan fingerprint density at radius 1 is 1.27 bits per heavy atom. The summed E-state index contributed by atoms with van der Waals surface area (Å²) in [5.41, 5.74) is 2.49. The van der Waals surface area contributed by atoms with Gasteiger partial charge in [0.1, 0.15) is 23.3 Å². The number of benzene rings is 1. The van der Waals surface area contributed by atoms with Crippen LogP contribution in [0.3, 0.4) is 0 Å². The molecule has 3 N–H and O–H groups in total. The van der Waals surface area contributed by atoms with E-state index in [0.717, 1.165) is 36.6 Å². The van der Waals surface area contributed by atoms with E-state index < -0.39 is 11.6 Å². The second kappa shape index (κ2) is 6.94. The molecule has 3 heterocycles. The first kappa shape index (κ1) is 18.3. The molecule has 1 aromatic carbocycles. The maximum Gasteiger partial charge on any atom is 0.228 e. The summed E-state index contributed by atoms with van der Waals surface area (Å²) < 4.78 is 29.3. The predicted octanol–water partition coefficient (Wildman–Crippen LogP) is 3.74. The average Bonchev–Trinajstić information content (AvgIpc) is 3.34. The normalized spacial score (nSPS) is 17.6. The van der Waals surface area contributed by atoms with Crippen molar-refractivity contribution in [1.29, 1.82) is 0 Å². The van der Waals surface area contributed by atoms with Gasteiger partial charge in [0.2, 0.25) is 5.91 Å². The van der Waals surface area contributed by atoms with E-state index in [1.165, 1.54) is 0 Å². The number of aromatic nitrogens is 3. The molecule has 30 heavy (non-hydrogen) atoms. The van der Waals surface area contributed by atoms with E-state index in [1.807, 2.05) is 6.08 Å². The van der Waals surface area contributed by atoms with Crippen LogP contribution in [0.15, 0.2) is 48.3 Å². The first-order valence-electron chi connectivity index (χ1n) is 9.53. The number of fused-ring (bicyclic) bond motifs is 1. The number of rotatable bonds is 5. The van der Waals surface area contributed by atoms with Gasteiger partial charge in [0.15, 0.2) is 5.65 Å². The van der Waals surface area contributed by atoms with Gasteiger partial charge in [0.05, 0.1) is 18.3 Å². The zero-order valence-corrected chi connectivity index (χ0v) is 15.9. The zero-order chi connectivity index (χ0) is 20.8. The third-order valence-corrected chi connectivity index (χ3v) is 4.98. The van der Waals surface area contributed by atoms with Gasteiger partial charge in [0, 0.05) is 29.4 Å². The molecule has 0 bridgehead atoms. The number of hydrogen-bond donors (Lipinski definition) is 3. The van der Waals surface area contributed by atoms with Crippen molar-refractivity contribution in [2.75, 3.05) is 10.6 Å². The van der Waals surface area contributed by atoms with E-state index in [4.69, 9.17) is 0 Å². The highest BCUT2D eigenvalue weighted by atomic mass is 19.1. The van der Waals surface area contributed by atoms with E-state index in [2.05, 4.69) is 32.6 Å². The highest BCUT2D eigenvalue weighted by Crippen LogP contribution is 2.30. The molecule has 1 saturated carbocycles. The molecule has 2 fully saturated rings. The topological polar surface area (TPSA) is 83.4 Å². The second-order valence-corrected chi connectivity index (χ2v) is 7.40. The molecule has 3 aromatic rings. The fraction of sp³-hybridized carbons (Fsp3) is 0.190. The number of carbonyl (C=O) groups excluding carboxylic acids is 1. The van der Waals surface area contributed by atoms with Gasteiger partial charge in [-0.05, 0) is 36.6 Å². The maximum atomic E-state index is 14.1. The number of amides is 1. The lowest BCUT2D eigenvalue weighted by molar-refractivity contribution is -0.118. The van der Waals surface area contributed by atoms with Crippen LogP contribution in [-0.4, -0.2) is 26.5 Å². The minimum absolute atomic E-state index is 0.0115. The molecule has 1 amide bonds. The highest BCUT2D eigenvalue weighted by molar-refractivity contribution is 5.89. The van der Waals surface area contributed by atoms with Crippen LogP contribution in [0.25, 0.3) is 11.7 Å². The van der Waals surface area contributed by atoms with Crippen LogP contribution in [0, 0.1) is 11.6 Å². The number of allylic oxidation sites excluding steroid dienone is 1. The second-order valence-electron chi connectivity index (χ2n) is 7.40. The summed E-state index contributed by atoms with van der Waals surface area (Å²) in [5, 5.41) is 13.3. The van der Waals surface area contributed by atoms with Gasteiger partial charge in [-0.3, -0.25) is 4.79 Å². The summed E-state index contributed by atoms with van der Waals surface area (Å²) in [6.45, 7) is 3.85. The Morgan fingerprint density at radius 3 is 2.83 bits per heavy atom. The first-order valence-corrected chi connectivity index (χ1v) is 9.53. The predicted molar refractivity (Wildman–Crippen MR) is 109 cm³/mol. The highest BCUT2D eigenvalue weighted by Gasteiger charge is 2.24. The number of halogens is 2. The third-order valence-electron chi connectivity index (χ3n) is 4.98. The fourth-order valence-electron chi connectivity index (χ4n) is 3.31. The van der Waals surface area contributed by atoms with Crippen LogP contribution in [0.1, 0.15) is 24.8 Å². The van der Waals surface area contributed by atoms with E-state index in [9.17, 15) is 13.6 Å².